The summed E-state index contributed by atoms with van der Waals surface area (Å²) in [5, 5.41) is 6.75. The molecule has 0 saturated carbocycles. The summed E-state index contributed by atoms with van der Waals surface area (Å²) in [6.07, 6.45) is 3.23. The molecule has 1 aromatic rings. The van der Waals surface area contributed by atoms with Gasteiger partial charge in [-0.25, -0.2) is 0 Å². The van der Waals surface area contributed by atoms with Crippen LogP contribution in [0.5, 0.6) is 5.75 Å². The average molecular weight is 406 g/mol. The number of rotatable bonds is 12. The Labute approximate surface area is 176 Å². The first-order valence-corrected chi connectivity index (χ1v) is 10.9. The van der Waals surface area contributed by atoms with Crippen LogP contribution in [0, 0.1) is 0 Å². The minimum atomic E-state index is 0.651. The SMILES string of the molecule is CCN1CCN(CCCCNC(=NC)Nc2cccc(OCCCOC)c2)CC1. The molecular formula is C22H39N5O2. The summed E-state index contributed by atoms with van der Waals surface area (Å²) in [6, 6.07) is 7.97. The van der Waals surface area contributed by atoms with E-state index in [0.717, 1.165) is 36.8 Å². The van der Waals surface area contributed by atoms with Gasteiger partial charge in [0.2, 0.25) is 0 Å². The van der Waals surface area contributed by atoms with Gasteiger partial charge in [-0.05, 0) is 38.1 Å². The molecule has 1 fully saturated rings. The third kappa shape index (κ3) is 9.47. The number of ether oxygens (including phenoxy) is 2. The van der Waals surface area contributed by atoms with Crippen LogP contribution < -0.4 is 15.4 Å². The molecule has 1 aliphatic heterocycles. The predicted molar refractivity (Wildman–Crippen MR) is 121 cm³/mol. The topological polar surface area (TPSA) is 61.4 Å². The van der Waals surface area contributed by atoms with Gasteiger partial charge in [0, 0.05) is 71.7 Å². The smallest absolute Gasteiger partial charge is 0.195 e. The molecule has 0 aliphatic carbocycles. The summed E-state index contributed by atoms with van der Waals surface area (Å²) in [6.45, 7) is 11.7. The van der Waals surface area contributed by atoms with Gasteiger partial charge in [-0.1, -0.05) is 13.0 Å². The fourth-order valence-corrected chi connectivity index (χ4v) is 3.37. The van der Waals surface area contributed by atoms with Crippen molar-refractivity contribution in [1.29, 1.82) is 0 Å². The van der Waals surface area contributed by atoms with Gasteiger partial charge in [-0.15, -0.1) is 0 Å². The molecule has 0 bridgehead atoms. The van der Waals surface area contributed by atoms with Crippen molar-refractivity contribution < 1.29 is 9.47 Å². The largest absolute Gasteiger partial charge is 0.493 e. The lowest BCUT2D eigenvalue weighted by molar-refractivity contribution is 0.136. The first-order chi connectivity index (χ1) is 14.2. The Balaban J connectivity index is 1.62. The van der Waals surface area contributed by atoms with Crippen molar-refractivity contribution >= 4 is 11.6 Å². The number of likely N-dealkylation sites (N-methyl/N-ethyl adjacent to an activating group) is 1. The molecule has 1 heterocycles. The number of benzene rings is 1. The molecule has 0 spiro atoms. The standard InChI is InChI=1S/C22H39N5O2/c1-4-26-13-15-27(16-14-26)12-6-5-11-24-22(23-2)25-20-9-7-10-21(19-20)29-18-8-17-28-3/h7,9-10,19H,4-6,8,11-18H2,1-3H3,(H2,23,24,25). The Hall–Kier alpha value is -1.83. The second kappa shape index (κ2) is 14.2. The fourth-order valence-electron chi connectivity index (χ4n) is 3.37. The Morgan fingerprint density at radius 2 is 1.86 bits per heavy atom. The Morgan fingerprint density at radius 3 is 2.59 bits per heavy atom. The van der Waals surface area contributed by atoms with E-state index < -0.39 is 0 Å². The number of hydrogen-bond acceptors (Lipinski definition) is 5. The van der Waals surface area contributed by atoms with Crippen molar-refractivity contribution in [3.05, 3.63) is 24.3 Å². The van der Waals surface area contributed by atoms with Gasteiger partial charge in [0.25, 0.3) is 0 Å². The molecule has 7 nitrogen and oxygen atoms in total. The fraction of sp³-hybridized carbons (Fsp3) is 0.682. The van der Waals surface area contributed by atoms with Crippen LogP contribution in [0.2, 0.25) is 0 Å². The molecule has 7 heteroatoms. The second-order valence-electron chi connectivity index (χ2n) is 7.33. The molecule has 1 aliphatic rings. The molecule has 164 valence electrons. The van der Waals surface area contributed by atoms with Crippen molar-refractivity contribution in [2.45, 2.75) is 26.2 Å². The zero-order valence-corrected chi connectivity index (χ0v) is 18.5. The van der Waals surface area contributed by atoms with E-state index in [2.05, 4.69) is 32.3 Å². The predicted octanol–water partition coefficient (Wildman–Crippen LogP) is 2.51. The molecule has 0 unspecified atom stereocenters. The third-order valence-electron chi connectivity index (χ3n) is 5.19. The minimum absolute atomic E-state index is 0.651. The second-order valence-corrected chi connectivity index (χ2v) is 7.33. The highest BCUT2D eigenvalue weighted by Gasteiger charge is 2.14. The number of methoxy groups -OCH3 is 1. The Bertz CT molecular complexity index is 588. The van der Waals surface area contributed by atoms with E-state index in [0.29, 0.717) is 13.2 Å². The summed E-state index contributed by atoms with van der Waals surface area (Å²) in [5.74, 6) is 1.64. The van der Waals surface area contributed by atoms with Gasteiger partial charge in [-0.3, -0.25) is 4.99 Å². The molecule has 0 amide bonds. The zero-order chi connectivity index (χ0) is 20.7. The highest BCUT2D eigenvalue weighted by Crippen LogP contribution is 2.17. The number of aliphatic imine (C=N–C) groups is 1. The normalized spacial score (nSPS) is 16.0. The molecule has 2 rings (SSSR count). The maximum absolute atomic E-state index is 5.76. The van der Waals surface area contributed by atoms with Gasteiger partial charge in [0.1, 0.15) is 5.75 Å². The minimum Gasteiger partial charge on any atom is -0.493 e. The van der Waals surface area contributed by atoms with E-state index in [-0.39, 0.29) is 0 Å². The number of piperazine rings is 1. The number of unbranched alkanes of at least 4 members (excludes halogenated alkanes) is 1. The van der Waals surface area contributed by atoms with Crippen molar-refractivity contribution in [3.8, 4) is 5.75 Å². The van der Waals surface area contributed by atoms with Crippen LogP contribution >= 0.6 is 0 Å². The number of nitrogens with one attached hydrogen (secondary N) is 2. The van der Waals surface area contributed by atoms with Crippen LogP contribution in [0.15, 0.2) is 29.3 Å². The van der Waals surface area contributed by atoms with Crippen molar-refractivity contribution in [2.75, 3.05) is 78.5 Å². The van der Waals surface area contributed by atoms with E-state index in [4.69, 9.17) is 9.47 Å². The first-order valence-electron chi connectivity index (χ1n) is 10.9. The van der Waals surface area contributed by atoms with Gasteiger partial charge < -0.3 is 29.9 Å². The van der Waals surface area contributed by atoms with Crippen molar-refractivity contribution in [1.82, 2.24) is 15.1 Å². The molecule has 0 aromatic heterocycles. The molecule has 1 saturated heterocycles. The highest BCUT2D eigenvalue weighted by molar-refractivity contribution is 5.93. The van der Waals surface area contributed by atoms with E-state index in [9.17, 15) is 0 Å². The summed E-state index contributed by atoms with van der Waals surface area (Å²) >= 11 is 0. The monoisotopic (exact) mass is 405 g/mol. The van der Waals surface area contributed by atoms with Crippen LogP contribution in [0.1, 0.15) is 26.2 Å². The Kier molecular flexibility index (Phi) is 11.5. The van der Waals surface area contributed by atoms with Crippen LogP contribution in [0.4, 0.5) is 5.69 Å². The van der Waals surface area contributed by atoms with Crippen LogP contribution in [-0.2, 0) is 4.74 Å². The van der Waals surface area contributed by atoms with Gasteiger partial charge in [0.15, 0.2) is 5.96 Å². The van der Waals surface area contributed by atoms with Gasteiger partial charge >= 0.3 is 0 Å². The maximum atomic E-state index is 5.76. The number of anilines is 1. The van der Waals surface area contributed by atoms with E-state index in [1.54, 1.807) is 14.2 Å². The average Bonchev–Trinajstić information content (AvgIpc) is 2.76. The maximum Gasteiger partial charge on any atom is 0.195 e. The molecule has 0 radical (unpaired) electrons. The van der Waals surface area contributed by atoms with Crippen molar-refractivity contribution in [2.24, 2.45) is 4.99 Å². The zero-order valence-electron chi connectivity index (χ0n) is 18.5. The molecule has 1 aromatic carbocycles. The summed E-state index contributed by atoms with van der Waals surface area (Å²) in [4.78, 5) is 9.43. The van der Waals surface area contributed by atoms with Crippen LogP contribution in [-0.4, -0.2) is 88.9 Å². The number of guanidine groups is 1. The lowest BCUT2D eigenvalue weighted by Crippen LogP contribution is -2.46. The van der Waals surface area contributed by atoms with E-state index in [1.165, 1.54) is 45.7 Å². The number of hydrogen-bond donors (Lipinski definition) is 2. The molecule has 29 heavy (non-hydrogen) atoms. The van der Waals surface area contributed by atoms with Crippen molar-refractivity contribution in [3.63, 3.8) is 0 Å². The van der Waals surface area contributed by atoms with E-state index in [1.807, 2.05) is 24.3 Å². The molecule has 2 N–H and O–H groups in total. The van der Waals surface area contributed by atoms with Crippen LogP contribution in [0.3, 0.4) is 0 Å². The molecule has 0 atom stereocenters. The first kappa shape index (κ1) is 23.4. The highest BCUT2D eigenvalue weighted by atomic mass is 16.5. The molecular weight excluding hydrogens is 366 g/mol. The van der Waals surface area contributed by atoms with Gasteiger partial charge in [0.05, 0.1) is 6.61 Å². The third-order valence-corrected chi connectivity index (χ3v) is 5.19. The number of nitrogens with zero attached hydrogens (tertiary/aromatic N) is 3. The van der Waals surface area contributed by atoms with E-state index >= 15 is 0 Å². The summed E-state index contributed by atoms with van der Waals surface area (Å²) < 4.78 is 10.8. The lowest BCUT2D eigenvalue weighted by Gasteiger charge is -2.34. The lowest BCUT2D eigenvalue weighted by atomic mass is 10.2. The summed E-state index contributed by atoms with van der Waals surface area (Å²) in [5.41, 5.74) is 0.969. The van der Waals surface area contributed by atoms with Crippen LogP contribution in [0.25, 0.3) is 0 Å². The van der Waals surface area contributed by atoms with Gasteiger partial charge in [-0.2, -0.15) is 0 Å². The Morgan fingerprint density at radius 1 is 1.07 bits per heavy atom. The quantitative estimate of drug-likeness (QED) is 0.317. The summed E-state index contributed by atoms with van der Waals surface area (Å²) in [7, 11) is 3.50.